The Bertz CT molecular complexity index is 776. The third-order valence-electron chi connectivity index (χ3n) is 5.09. The number of fused-ring (bicyclic) bond motifs is 1. The molecule has 2 aromatic heterocycles. The van der Waals surface area contributed by atoms with Crippen LogP contribution in [0.15, 0.2) is 6.33 Å². The lowest BCUT2D eigenvalue weighted by molar-refractivity contribution is -0.133. The van der Waals surface area contributed by atoms with Gasteiger partial charge in [-0.3, -0.25) is 9.48 Å². The average molecular weight is 344 g/mol. The van der Waals surface area contributed by atoms with Crippen LogP contribution in [0.4, 0.5) is 0 Å². The van der Waals surface area contributed by atoms with Gasteiger partial charge in [-0.1, -0.05) is 0 Å². The van der Waals surface area contributed by atoms with Crippen LogP contribution in [0.1, 0.15) is 30.5 Å². The molecule has 25 heavy (non-hydrogen) atoms. The predicted octanol–water partition coefficient (Wildman–Crippen LogP) is 1.01. The van der Waals surface area contributed by atoms with Gasteiger partial charge in [0.2, 0.25) is 5.91 Å². The maximum Gasteiger partial charge on any atom is 0.225 e. The molecule has 8 heteroatoms. The fourth-order valence-electron chi connectivity index (χ4n) is 3.48. The minimum atomic E-state index is 0.127. The predicted molar refractivity (Wildman–Crippen MR) is 90.6 cm³/mol. The van der Waals surface area contributed by atoms with Crippen molar-refractivity contribution in [3.05, 3.63) is 17.6 Å². The number of carbonyl (C=O) groups is 1. The van der Waals surface area contributed by atoms with Crippen molar-refractivity contribution >= 4 is 5.91 Å². The van der Waals surface area contributed by atoms with Gasteiger partial charge >= 0.3 is 0 Å². The number of methoxy groups -OCH3 is 1. The largest absolute Gasteiger partial charge is 0.384 e. The molecule has 1 amide bonds. The van der Waals surface area contributed by atoms with Crippen LogP contribution in [0, 0.1) is 5.92 Å². The molecule has 0 unspecified atom stereocenters. The standard InChI is InChI=1S/C17H24N6O2/c1-21-14-5-7-22(15(24)6-8-25-2)10-13(14)16(20-21)17-19-18-11-23(17)9-12-3-4-12/h11-12H,3-10H2,1-2H3. The lowest BCUT2D eigenvalue weighted by Gasteiger charge is -2.27. The van der Waals surface area contributed by atoms with Crippen molar-refractivity contribution in [2.75, 3.05) is 20.3 Å². The smallest absolute Gasteiger partial charge is 0.225 e. The Morgan fingerprint density at radius 2 is 2.24 bits per heavy atom. The summed E-state index contributed by atoms with van der Waals surface area (Å²) in [6, 6.07) is 0. The quantitative estimate of drug-likeness (QED) is 0.781. The van der Waals surface area contributed by atoms with Crippen molar-refractivity contribution in [3.63, 3.8) is 0 Å². The van der Waals surface area contributed by atoms with E-state index < -0.39 is 0 Å². The van der Waals surface area contributed by atoms with Crippen LogP contribution in [0.5, 0.6) is 0 Å². The normalized spacial score (nSPS) is 17.0. The first-order valence-corrected chi connectivity index (χ1v) is 8.87. The molecule has 3 heterocycles. The number of nitrogens with zero attached hydrogens (tertiary/aromatic N) is 6. The third-order valence-corrected chi connectivity index (χ3v) is 5.09. The second kappa shape index (κ2) is 6.59. The Labute approximate surface area is 146 Å². The fourth-order valence-corrected chi connectivity index (χ4v) is 3.48. The van der Waals surface area contributed by atoms with E-state index in [9.17, 15) is 4.79 Å². The maximum absolute atomic E-state index is 12.4. The fraction of sp³-hybridized carbons (Fsp3) is 0.647. The summed E-state index contributed by atoms with van der Waals surface area (Å²) < 4.78 is 9.06. The average Bonchev–Trinajstić information content (AvgIpc) is 3.22. The Balaban J connectivity index is 1.61. The molecule has 0 N–H and O–H groups in total. The first-order chi connectivity index (χ1) is 12.2. The molecular formula is C17H24N6O2. The van der Waals surface area contributed by atoms with Gasteiger partial charge in [-0.25, -0.2) is 0 Å². The van der Waals surface area contributed by atoms with Gasteiger partial charge in [-0.2, -0.15) is 5.10 Å². The van der Waals surface area contributed by atoms with E-state index in [1.54, 1.807) is 13.4 Å². The van der Waals surface area contributed by atoms with Gasteiger partial charge in [0.05, 0.1) is 13.0 Å². The molecule has 1 aliphatic carbocycles. The molecule has 0 aromatic carbocycles. The summed E-state index contributed by atoms with van der Waals surface area (Å²) in [7, 11) is 3.58. The minimum Gasteiger partial charge on any atom is -0.384 e. The van der Waals surface area contributed by atoms with Gasteiger partial charge in [-0.15, -0.1) is 10.2 Å². The molecule has 1 aliphatic heterocycles. The molecule has 2 aliphatic rings. The highest BCUT2D eigenvalue weighted by molar-refractivity contribution is 5.77. The molecule has 134 valence electrons. The number of carbonyl (C=O) groups excluding carboxylic acids is 1. The van der Waals surface area contributed by atoms with E-state index >= 15 is 0 Å². The number of hydrogen-bond acceptors (Lipinski definition) is 5. The topological polar surface area (TPSA) is 78.1 Å². The van der Waals surface area contributed by atoms with Gasteiger partial charge in [0.15, 0.2) is 5.82 Å². The lowest BCUT2D eigenvalue weighted by Crippen LogP contribution is -2.36. The summed E-state index contributed by atoms with van der Waals surface area (Å²) in [6.07, 6.45) is 5.58. The lowest BCUT2D eigenvalue weighted by atomic mass is 10.0. The van der Waals surface area contributed by atoms with Crippen molar-refractivity contribution in [2.24, 2.45) is 13.0 Å². The molecule has 0 spiro atoms. The van der Waals surface area contributed by atoms with Crippen molar-refractivity contribution < 1.29 is 9.53 Å². The Hall–Kier alpha value is -2.22. The first kappa shape index (κ1) is 16.3. The third kappa shape index (κ3) is 3.18. The van der Waals surface area contributed by atoms with Gasteiger partial charge < -0.3 is 14.2 Å². The summed E-state index contributed by atoms with van der Waals surface area (Å²) in [5.74, 6) is 1.68. The highest BCUT2D eigenvalue weighted by Crippen LogP contribution is 2.33. The first-order valence-electron chi connectivity index (χ1n) is 8.87. The van der Waals surface area contributed by atoms with Gasteiger partial charge in [0.25, 0.3) is 0 Å². The number of aryl methyl sites for hydroxylation is 1. The zero-order chi connectivity index (χ0) is 17.4. The van der Waals surface area contributed by atoms with Gasteiger partial charge in [0.1, 0.15) is 12.0 Å². The monoisotopic (exact) mass is 344 g/mol. The maximum atomic E-state index is 12.4. The van der Waals surface area contributed by atoms with E-state index in [1.807, 2.05) is 16.6 Å². The van der Waals surface area contributed by atoms with Crippen LogP contribution in [-0.4, -0.2) is 55.6 Å². The summed E-state index contributed by atoms with van der Waals surface area (Å²) in [5.41, 5.74) is 3.15. The van der Waals surface area contributed by atoms with Crippen LogP contribution in [0.3, 0.4) is 0 Å². The Morgan fingerprint density at radius 3 is 3.00 bits per heavy atom. The van der Waals surface area contributed by atoms with Crippen LogP contribution in [0.2, 0.25) is 0 Å². The second-order valence-corrected chi connectivity index (χ2v) is 6.96. The molecule has 2 aromatic rings. The molecular weight excluding hydrogens is 320 g/mol. The highest BCUT2D eigenvalue weighted by Gasteiger charge is 2.30. The molecule has 1 saturated carbocycles. The number of rotatable bonds is 6. The SMILES string of the molecule is COCCC(=O)N1CCc2c(c(-c3nncn3CC3CC3)nn2C)C1. The van der Waals surface area contributed by atoms with E-state index in [0.717, 1.165) is 42.5 Å². The van der Waals surface area contributed by atoms with Crippen LogP contribution in [0.25, 0.3) is 11.5 Å². The highest BCUT2D eigenvalue weighted by atomic mass is 16.5. The van der Waals surface area contributed by atoms with Crippen molar-refractivity contribution in [1.29, 1.82) is 0 Å². The van der Waals surface area contributed by atoms with E-state index in [0.29, 0.717) is 19.6 Å². The van der Waals surface area contributed by atoms with Crippen molar-refractivity contribution in [3.8, 4) is 11.5 Å². The van der Waals surface area contributed by atoms with E-state index in [1.165, 1.54) is 18.5 Å². The van der Waals surface area contributed by atoms with E-state index in [2.05, 4.69) is 14.8 Å². The minimum absolute atomic E-state index is 0.127. The second-order valence-electron chi connectivity index (χ2n) is 6.96. The molecule has 0 radical (unpaired) electrons. The molecule has 0 saturated heterocycles. The molecule has 1 fully saturated rings. The number of amides is 1. The Kier molecular flexibility index (Phi) is 4.29. The molecule has 0 bridgehead atoms. The zero-order valence-electron chi connectivity index (χ0n) is 14.8. The van der Waals surface area contributed by atoms with E-state index in [-0.39, 0.29) is 5.91 Å². The summed E-state index contributed by atoms with van der Waals surface area (Å²) in [6.45, 7) is 2.71. The van der Waals surface area contributed by atoms with Gasteiger partial charge in [0, 0.05) is 51.5 Å². The summed E-state index contributed by atoms with van der Waals surface area (Å²) in [5, 5.41) is 13.1. The summed E-state index contributed by atoms with van der Waals surface area (Å²) in [4.78, 5) is 14.3. The van der Waals surface area contributed by atoms with Crippen LogP contribution < -0.4 is 0 Å². The van der Waals surface area contributed by atoms with Crippen molar-refractivity contribution in [2.45, 2.75) is 38.8 Å². The number of ether oxygens (including phenoxy) is 1. The molecule has 8 nitrogen and oxygen atoms in total. The van der Waals surface area contributed by atoms with Gasteiger partial charge in [-0.05, 0) is 18.8 Å². The van der Waals surface area contributed by atoms with Crippen LogP contribution in [-0.2, 0) is 36.1 Å². The van der Waals surface area contributed by atoms with E-state index in [4.69, 9.17) is 9.84 Å². The molecule has 0 atom stereocenters. The zero-order valence-corrected chi connectivity index (χ0v) is 14.8. The van der Waals surface area contributed by atoms with Crippen LogP contribution >= 0.6 is 0 Å². The number of hydrogen-bond donors (Lipinski definition) is 0. The summed E-state index contributed by atoms with van der Waals surface area (Å²) >= 11 is 0. The Morgan fingerprint density at radius 1 is 1.40 bits per heavy atom. The molecule has 4 rings (SSSR count). The number of aromatic nitrogens is 5. The van der Waals surface area contributed by atoms with Crippen molar-refractivity contribution in [1.82, 2.24) is 29.4 Å².